The Labute approximate surface area is 134 Å². The molecule has 0 bridgehead atoms. The zero-order chi connectivity index (χ0) is 16.4. The van der Waals surface area contributed by atoms with Crippen LogP contribution in [-0.4, -0.2) is 34.8 Å². The minimum Gasteiger partial charge on any atom is -0.466 e. The molecule has 1 aliphatic rings. The van der Waals surface area contributed by atoms with Crippen molar-refractivity contribution in [1.29, 1.82) is 0 Å². The molecule has 0 saturated carbocycles. The van der Waals surface area contributed by atoms with Crippen LogP contribution in [0.3, 0.4) is 0 Å². The van der Waals surface area contributed by atoms with Gasteiger partial charge in [-0.1, -0.05) is 0 Å². The molecule has 3 rings (SSSR count). The summed E-state index contributed by atoms with van der Waals surface area (Å²) >= 11 is 0. The quantitative estimate of drug-likeness (QED) is 0.909. The number of hydrogen-bond donors (Lipinski definition) is 2. The van der Waals surface area contributed by atoms with Crippen molar-refractivity contribution in [2.75, 3.05) is 13.1 Å². The molecule has 1 fully saturated rings. The number of carbonyl (C=O) groups is 2. The second kappa shape index (κ2) is 6.32. The summed E-state index contributed by atoms with van der Waals surface area (Å²) in [7, 11) is 0. The van der Waals surface area contributed by atoms with Crippen molar-refractivity contribution in [3.05, 3.63) is 47.2 Å². The fourth-order valence-corrected chi connectivity index (χ4v) is 3.15. The number of nitrogens with zero attached hydrogens (tertiary/aromatic N) is 1. The van der Waals surface area contributed by atoms with Gasteiger partial charge in [-0.15, -0.1) is 0 Å². The van der Waals surface area contributed by atoms with Crippen LogP contribution in [-0.2, 0) is 4.79 Å². The van der Waals surface area contributed by atoms with Crippen LogP contribution >= 0.6 is 0 Å². The Hall–Kier alpha value is -2.50. The molecule has 3 heterocycles. The lowest BCUT2D eigenvalue weighted by molar-refractivity contribution is -0.131. The number of aromatic amines is 1. The van der Waals surface area contributed by atoms with Gasteiger partial charge >= 0.3 is 0 Å². The van der Waals surface area contributed by atoms with Crippen molar-refractivity contribution < 1.29 is 14.0 Å². The first-order chi connectivity index (χ1) is 11.1. The molecule has 2 aromatic heterocycles. The number of amides is 2. The summed E-state index contributed by atoms with van der Waals surface area (Å²) in [6.45, 7) is 4.26. The number of rotatable bonds is 4. The fourth-order valence-electron chi connectivity index (χ4n) is 3.15. The van der Waals surface area contributed by atoms with E-state index in [-0.39, 0.29) is 24.4 Å². The fraction of sp³-hybridized carbons (Fsp3) is 0.412. The van der Waals surface area contributed by atoms with Crippen LogP contribution in [0, 0.1) is 13.8 Å². The van der Waals surface area contributed by atoms with Crippen LogP contribution in [0.25, 0.3) is 0 Å². The molecule has 1 saturated heterocycles. The molecule has 0 spiro atoms. The number of carbonyl (C=O) groups excluding carboxylic acids is 2. The van der Waals surface area contributed by atoms with Gasteiger partial charge in [-0.05, 0) is 44.9 Å². The average molecular weight is 315 g/mol. The third-order valence-electron chi connectivity index (χ3n) is 4.24. The van der Waals surface area contributed by atoms with E-state index in [0.29, 0.717) is 17.1 Å². The van der Waals surface area contributed by atoms with Crippen molar-refractivity contribution in [3.63, 3.8) is 0 Å². The highest BCUT2D eigenvalue weighted by molar-refractivity contribution is 5.97. The van der Waals surface area contributed by atoms with Crippen LogP contribution in [0.5, 0.6) is 0 Å². The lowest BCUT2D eigenvalue weighted by Crippen LogP contribution is -2.40. The average Bonchev–Trinajstić information content (AvgIpc) is 3.23. The molecular formula is C17H21N3O3. The van der Waals surface area contributed by atoms with E-state index in [1.807, 2.05) is 23.2 Å². The highest BCUT2D eigenvalue weighted by atomic mass is 16.3. The molecule has 2 N–H and O–H groups in total. The highest BCUT2D eigenvalue weighted by Gasteiger charge is 2.30. The lowest BCUT2D eigenvalue weighted by Gasteiger charge is -2.24. The third-order valence-corrected chi connectivity index (χ3v) is 4.24. The largest absolute Gasteiger partial charge is 0.466 e. The molecule has 0 radical (unpaired) electrons. The Kier molecular flexibility index (Phi) is 4.23. The van der Waals surface area contributed by atoms with E-state index in [1.165, 1.54) is 0 Å². The molecule has 6 nitrogen and oxygen atoms in total. The maximum Gasteiger partial charge on any atom is 0.255 e. The van der Waals surface area contributed by atoms with E-state index in [0.717, 1.165) is 25.1 Å². The highest BCUT2D eigenvalue weighted by Crippen LogP contribution is 2.30. The standard InChI is InChI=1S/C17H21N3O3/c1-11-9-13(12(2)23-11)17(22)19-10-16(21)20-8-4-6-15(20)14-5-3-7-18-14/h3,5,7,9,15,18H,4,6,8,10H2,1-2H3,(H,19,22). The van der Waals surface area contributed by atoms with E-state index >= 15 is 0 Å². The Morgan fingerprint density at radius 2 is 2.26 bits per heavy atom. The number of H-pyrrole nitrogens is 1. The van der Waals surface area contributed by atoms with Crippen LogP contribution in [0.1, 0.15) is 46.5 Å². The summed E-state index contributed by atoms with van der Waals surface area (Å²) in [5, 5.41) is 2.70. The van der Waals surface area contributed by atoms with Crippen molar-refractivity contribution in [2.24, 2.45) is 0 Å². The first kappa shape index (κ1) is 15.4. The molecule has 122 valence electrons. The number of aryl methyl sites for hydroxylation is 2. The number of hydrogen-bond acceptors (Lipinski definition) is 3. The SMILES string of the molecule is Cc1cc(C(=O)NCC(=O)N2CCCC2c2ccc[nH]2)c(C)o1. The van der Waals surface area contributed by atoms with Crippen molar-refractivity contribution in [1.82, 2.24) is 15.2 Å². The van der Waals surface area contributed by atoms with E-state index in [2.05, 4.69) is 10.3 Å². The van der Waals surface area contributed by atoms with Crippen molar-refractivity contribution in [2.45, 2.75) is 32.7 Å². The van der Waals surface area contributed by atoms with Gasteiger partial charge in [-0.2, -0.15) is 0 Å². The molecule has 1 aliphatic heterocycles. The summed E-state index contributed by atoms with van der Waals surface area (Å²) in [4.78, 5) is 29.6. The molecule has 23 heavy (non-hydrogen) atoms. The lowest BCUT2D eigenvalue weighted by atomic mass is 10.1. The smallest absolute Gasteiger partial charge is 0.255 e. The molecular weight excluding hydrogens is 294 g/mol. The van der Waals surface area contributed by atoms with Gasteiger partial charge in [0.25, 0.3) is 5.91 Å². The second-order valence-electron chi connectivity index (χ2n) is 5.88. The summed E-state index contributed by atoms with van der Waals surface area (Å²) < 4.78 is 5.35. The Morgan fingerprint density at radius 3 is 2.91 bits per heavy atom. The zero-order valence-corrected chi connectivity index (χ0v) is 13.4. The number of nitrogens with one attached hydrogen (secondary N) is 2. The van der Waals surface area contributed by atoms with Gasteiger partial charge in [0.05, 0.1) is 18.2 Å². The van der Waals surface area contributed by atoms with Gasteiger partial charge in [0.15, 0.2) is 0 Å². The van der Waals surface area contributed by atoms with Crippen molar-refractivity contribution >= 4 is 11.8 Å². The zero-order valence-electron chi connectivity index (χ0n) is 13.4. The summed E-state index contributed by atoms with van der Waals surface area (Å²) in [5.74, 6) is 0.917. The summed E-state index contributed by atoms with van der Waals surface area (Å²) in [5.41, 5.74) is 1.53. The van der Waals surface area contributed by atoms with Crippen LogP contribution in [0.2, 0.25) is 0 Å². The summed E-state index contributed by atoms with van der Waals surface area (Å²) in [6, 6.07) is 5.69. The van der Waals surface area contributed by atoms with Gasteiger partial charge in [0.2, 0.25) is 5.91 Å². The first-order valence-electron chi connectivity index (χ1n) is 7.84. The van der Waals surface area contributed by atoms with Gasteiger partial charge in [0, 0.05) is 18.4 Å². The minimum absolute atomic E-state index is 0.000288. The van der Waals surface area contributed by atoms with E-state index in [4.69, 9.17) is 4.42 Å². The number of furan rings is 1. The first-order valence-corrected chi connectivity index (χ1v) is 7.84. The van der Waals surface area contributed by atoms with Crippen LogP contribution in [0.15, 0.2) is 28.8 Å². The van der Waals surface area contributed by atoms with E-state index < -0.39 is 0 Å². The minimum atomic E-state index is -0.275. The van der Waals surface area contributed by atoms with E-state index in [9.17, 15) is 9.59 Å². The summed E-state index contributed by atoms with van der Waals surface area (Å²) in [6.07, 6.45) is 3.78. The monoisotopic (exact) mass is 315 g/mol. The van der Waals surface area contributed by atoms with Gasteiger partial charge in [-0.25, -0.2) is 0 Å². The molecule has 0 aromatic carbocycles. The number of likely N-dealkylation sites (tertiary alicyclic amines) is 1. The third kappa shape index (κ3) is 3.16. The maximum atomic E-state index is 12.5. The van der Waals surface area contributed by atoms with Gasteiger partial charge in [-0.3, -0.25) is 9.59 Å². The second-order valence-corrected chi connectivity index (χ2v) is 5.88. The number of aromatic nitrogens is 1. The normalized spacial score (nSPS) is 17.5. The van der Waals surface area contributed by atoms with Gasteiger partial charge < -0.3 is 19.6 Å². The van der Waals surface area contributed by atoms with E-state index in [1.54, 1.807) is 19.9 Å². The molecule has 1 unspecified atom stereocenters. The Bertz CT molecular complexity index is 703. The van der Waals surface area contributed by atoms with Gasteiger partial charge in [0.1, 0.15) is 11.5 Å². The predicted octanol–water partition coefficient (Wildman–Crippen LogP) is 2.32. The maximum absolute atomic E-state index is 12.5. The molecule has 2 amide bonds. The van der Waals surface area contributed by atoms with Crippen LogP contribution in [0.4, 0.5) is 0 Å². The molecule has 1 atom stereocenters. The predicted molar refractivity (Wildman–Crippen MR) is 85.0 cm³/mol. The molecule has 0 aliphatic carbocycles. The molecule has 2 aromatic rings. The van der Waals surface area contributed by atoms with Crippen LogP contribution < -0.4 is 5.32 Å². The topological polar surface area (TPSA) is 78.3 Å². The Balaban J connectivity index is 1.61. The molecule has 6 heteroatoms. The van der Waals surface area contributed by atoms with Crippen molar-refractivity contribution in [3.8, 4) is 0 Å². The Morgan fingerprint density at radius 1 is 1.43 bits per heavy atom.